The normalized spacial score (nSPS) is 22.9. The Kier molecular flexibility index (Phi) is 6.12. The first-order chi connectivity index (χ1) is 9.74. The molecular formula is C13H23N3O3S. The molecule has 0 radical (unpaired) electrons. The average Bonchev–Trinajstić information content (AvgIpc) is 2.83. The summed E-state index contributed by atoms with van der Waals surface area (Å²) in [4.78, 5) is 16.0. The average molecular weight is 301 g/mol. The fraction of sp³-hybridized carbons (Fsp3) is 0.846. The number of carbonyl (C=O) groups is 1. The zero-order valence-electron chi connectivity index (χ0n) is 11.9. The predicted molar refractivity (Wildman–Crippen MR) is 80.2 cm³/mol. The van der Waals surface area contributed by atoms with E-state index in [2.05, 4.69) is 15.6 Å². The van der Waals surface area contributed by atoms with E-state index in [0.717, 1.165) is 37.0 Å². The molecule has 2 aliphatic heterocycles. The summed E-state index contributed by atoms with van der Waals surface area (Å²) in [6.45, 7) is 3.27. The van der Waals surface area contributed by atoms with Gasteiger partial charge in [-0.05, 0) is 12.8 Å². The molecule has 2 aliphatic rings. The van der Waals surface area contributed by atoms with Gasteiger partial charge in [0.25, 0.3) is 0 Å². The molecule has 2 fully saturated rings. The molecule has 0 aromatic carbocycles. The van der Waals surface area contributed by atoms with Gasteiger partial charge in [0.15, 0.2) is 5.17 Å². The fourth-order valence-corrected chi connectivity index (χ4v) is 3.51. The Bertz CT molecular complexity index is 357. The van der Waals surface area contributed by atoms with Crippen LogP contribution < -0.4 is 10.6 Å². The third-order valence-corrected chi connectivity index (χ3v) is 4.73. The number of hydrogen-bond acceptors (Lipinski definition) is 5. The van der Waals surface area contributed by atoms with Crippen LogP contribution in [-0.2, 0) is 14.3 Å². The Hall–Kier alpha value is -0.790. The molecule has 7 heteroatoms. The standard InChI is InChI=1S/C13H23N3O3S/c1-18-9-6-14-11(17)2-5-15-12-16-13(10-20-12)3-7-19-8-4-13/h2-10H2,1H3,(H,14,17)(H,15,16). The minimum Gasteiger partial charge on any atom is -0.383 e. The van der Waals surface area contributed by atoms with Gasteiger partial charge in [0.1, 0.15) is 0 Å². The molecule has 0 saturated carbocycles. The number of methoxy groups -OCH3 is 1. The number of ether oxygens (including phenoxy) is 2. The summed E-state index contributed by atoms with van der Waals surface area (Å²) < 4.78 is 10.3. The van der Waals surface area contributed by atoms with Crippen LogP contribution in [0.5, 0.6) is 0 Å². The highest BCUT2D eigenvalue weighted by atomic mass is 32.2. The predicted octanol–water partition coefficient (Wildman–Crippen LogP) is 0.381. The van der Waals surface area contributed by atoms with Gasteiger partial charge in [-0.1, -0.05) is 11.8 Å². The van der Waals surface area contributed by atoms with Crippen LogP contribution >= 0.6 is 11.8 Å². The maximum atomic E-state index is 11.5. The Balaban J connectivity index is 1.67. The summed E-state index contributed by atoms with van der Waals surface area (Å²) in [6, 6.07) is 0. The van der Waals surface area contributed by atoms with E-state index < -0.39 is 0 Å². The molecule has 0 aromatic rings. The monoisotopic (exact) mass is 301 g/mol. The lowest BCUT2D eigenvalue weighted by molar-refractivity contribution is -0.121. The molecule has 2 heterocycles. The summed E-state index contributed by atoms with van der Waals surface area (Å²) in [7, 11) is 1.62. The third-order valence-electron chi connectivity index (χ3n) is 3.53. The van der Waals surface area contributed by atoms with Crippen molar-refractivity contribution in [2.45, 2.75) is 24.8 Å². The Labute approximate surface area is 124 Å². The molecule has 0 bridgehead atoms. The van der Waals surface area contributed by atoms with Crippen LogP contribution in [0.25, 0.3) is 0 Å². The molecular weight excluding hydrogens is 278 g/mol. The summed E-state index contributed by atoms with van der Waals surface area (Å²) in [5, 5.41) is 7.27. The minimum absolute atomic E-state index is 0.0233. The number of rotatable bonds is 6. The molecule has 0 atom stereocenters. The number of amidine groups is 1. The molecule has 114 valence electrons. The van der Waals surface area contributed by atoms with Crippen LogP contribution in [0.4, 0.5) is 0 Å². The number of hydrogen-bond donors (Lipinski definition) is 2. The lowest BCUT2D eigenvalue weighted by Gasteiger charge is -2.32. The van der Waals surface area contributed by atoms with Gasteiger partial charge in [0.2, 0.25) is 5.91 Å². The number of nitrogens with one attached hydrogen (secondary N) is 2. The summed E-state index contributed by atoms with van der Waals surface area (Å²) >= 11 is 1.75. The van der Waals surface area contributed by atoms with Gasteiger partial charge in [-0.25, -0.2) is 0 Å². The molecule has 0 aromatic heterocycles. The lowest BCUT2D eigenvalue weighted by atomic mass is 9.93. The van der Waals surface area contributed by atoms with E-state index >= 15 is 0 Å². The van der Waals surface area contributed by atoms with Crippen molar-refractivity contribution < 1.29 is 14.3 Å². The quantitative estimate of drug-likeness (QED) is 0.694. The Morgan fingerprint density at radius 2 is 2.35 bits per heavy atom. The van der Waals surface area contributed by atoms with Crippen molar-refractivity contribution >= 4 is 22.8 Å². The van der Waals surface area contributed by atoms with Crippen LogP contribution in [0.3, 0.4) is 0 Å². The third kappa shape index (κ3) is 4.64. The maximum Gasteiger partial charge on any atom is 0.221 e. The first-order valence-electron chi connectivity index (χ1n) is 7.03. The molecule has 1 amide bonds. The van der Waals surface area contributed by atoms with Gasteiger partial charge in [-0.3, -0.25) is 9.79 Å². The molecule has 2 saturated heterocycles. The molecule has 0 unspecified atom stereocenters. The van der Waals surface area contributed by atoms with Crippen molar-refractivity contribution in [1.82, 2.24) is 10.6 Å². The smallest absolute Gasteiger partial charge is 0.221 e. The van der Waals surface area contributed by atoms with E-state index in [9.17, 15) is 4.79 Å². The Morgan fingerprint density at radius 1 is 1.55 bits per heavy atom. The van der Waals surface area contributed by atoms with Gasteiger partial charge in [-0.2, -0.15) is 0 Å². The van der Waals surface area contributed by atoms with Gasteiger partial charge in [0.05, 0.1) is 18.7 Å². The summed E-state index contributed by atoms with van der Waals surface area (Å²) in [5.74, 6) is 1.07. The van der Waals surface area contributed by atoms with E-state index in [1.165, 1.54) is 0 Å². The zero-order chi connectivity index (χ0) is 14.3. The van der Waals surface area contributed by atoms with Crippen molar-refractivity contribution in [3.05, 3.63) is 0 Å². The van der Waals surface area contributed by atoms with Crippen LogP contribution in [0.2, 0.25) is 0 Å². The highest BCUT2D eigenvalue weighted by Gasteiger charge is 2.38. The maximum absolute atomic E-state index is 11.5. The van der Waals surface area contributed by atoms with E-state index in [-0.39, 0.29) is 11.4 Å². The second kappa shape index (κ2) is 7.85. The van der Waals surface area contributed by atoms with Crippen LogP contribution in [0, 0.1) is 0 Å². The highest BCUT2D eigenvalue weighted by molar-refractivity contribution is 8.14. The molecule has 2 N–H and O–H groups in total. The van der Waals surface area contributed by atoms with Gasteiger partial charge in [0, 0.05) is 39.0 Å². The second-order valence-corrected chi connectivity index (χ2v) is 6.05. The Morgan fingerprint density at radius 3 is 3.10 bits per heavy atom. The largest absolute Gasteiger partial charge is 0.383 e. The van der Waals surface area contributed by atoms with Crippen LogP contribution in [0.15, 0.2) is 4.99 Å². The van der Waals surface area contributed by atoms with Crippen LogP contribution in [0.1, 0.15) is 19.3 Å². The summed E-state index contributed by atoms with van der Waals surface area (Å²) in [5.41, 5.74) is 0.169. The van der Waals surface area contributed by atoms with Gasteiger partial charge < -0.3 is 20.1 Å². The van der Waals surface area contributed by atoms with E-state index in [1.807, 2.05) is 0 Å². The lowest BCUT2D eigenvalue weighted by Crippen LogP contribution is -2.48. The van der Waals surface area contributed by atoms with E-state index in [1.54, 1.807) is 18.9 Å². The molecule has 0 aliphatic carbocycles. The number of amides is 1. The van der Waals surface area contributed by atoms with E-state index in [4.69, 9.17) is 9.47 Å². The van der Waals surface area contributed by atoms with Crippen molar-refractivity contribution in [1.29, 1.82) is 0 Å². The van der Waals surface area contributed by atoms with Gasteiger partial charge >= 0.3 is 0 Å². The molecule has 2 rings (SSSR count). The molecule has 20 heavy (non-hydrogen) atoms. The van der Waals surface area contributed by atoms with E-state index in [0.29, 0.717) is 26.1 Å². The number of aliphatic imine (C=N–C) groups is 1. The van der Waals surface area contributed by atoms with Crippen molar-refractivity contribution in [2.75, 3.05) is 45.8 Å². The van der Waals surface area contributed by atoms with Gasteiger partial charge in [-0.15, -0.1) is 0 Å². The number of thioether (sulfide) groups is 1. The first-order valence-corrected chi connectivity index (χ1v) is 8.01. The zero-order valence-corrected chi connectivity index (χ0v) is 12.8. The van der Waals surface area contributed by atoms with Crippen molar-refractivity contribution in [2.24, 2.45) is 4.99 Å². The summed E-state index contributed by atoms with van der Waals surface area (Å²) in [6.07, 6.45) is 2.50. The molecule has 6 nitrogen and oxygen atoms in total. The second-order valence-electron chi connectivity index (χ2n) is 5.09. The van der Waals surface area contributed by atoms with Crippen molar-refractivity contribution in [3.63, 3.8) is 0 Å². The number of carbonyl (C=O) groups excluding carboxylic acids is 1. The topological polar surface area (TPSA) is 72.0 Å². The first kappa shape index (κ1) is 15.6. The van der Waals surface area contributed by atoms with Crippen molar-refractivity contribution in [3.8, 4) is 0 Å². The number of nitrogens with zero attached hydrogens (tertiary/aromatic N) is 1. The fourth-order valence-electron chi connectivity index (χ4n) is 2.26. The van der Waals surface area contributed by atoms with Crippen LogP contribution in [-0.4, -0.2) is 62.4 Å². The highest BCUT2D eigenvalue weighted by Crippen LogP contribution is 2.31. The SMILES string of the molecule is COCCNC(=O)CCN=C1NC2(CCOCC2)CS1. The minimum atomic E-state index is 0.0233. The molecule has 1 spiro atoms.